The van der Waals surface area contributed by atoms with Crippen LogP contribution in [0.1, 0.15) is 5.69 Å². The highest BCUT2D eigenvalue weighted by Gasteiger charge is 2.41. The lowest BCUT2D eigenvalue weighted by atomic mass is 10.3. The fourth-order valence-electron chi connectivity index (χ4n) is 2.11. The molecule has 1 N–H and O–H groups in total. The van der Waals surface area contributed by atoms with Crippen LogP contribution in [0.15, 0.2) is 47.8 Å². The molecule has 5 nitrogen and oxygen atoms in total. The van der Waals surface area contributed by atoms with Gasteiger partial charge in [0.05, 0.1) is 33.3 Å². The van der Waals surface area contributed by atoms with Gasteiger partial charge in [-0.3, -0.25) is 9.19 Å². The molecule has 0 aliphatic heterocycles. The number of nitrogens with one attached hydrogen (secondary N) is 1. The quantitative estimate of drug-likeness (QED) is 0.630. The van der Waals surface area contributed by atoms with Gasteiger partial charge in [-0.1, -0.05) is 12.1 Å². The van der Waals surface area contributed by atoms with Gasteiger partial charge in [0.15, 0.2) is 11.8 Å². The molecule has 0 amide bonds. The first-order chi connectivity index (χ1) is 12.3. The molecule has 1 aromatic carbocycles. The molecule has 0 radical (unpaired) electrons. The molecule has 0 saturated carbocycles. The number of imidazole rings is 1. The lowest BCUT2D eigenvalue weighted by Crippen LogP contribution is -2.33. The van der Waals surface area contributed by atoms with Crippen LogP contribution in [0.4, 0.5) is 17.6 Å². The third kappa shape index (κ3) is 4.18. The second-order valence-electron chi connectivity index (χ2n) is 5.38. The van der Waals surface area contributed by atoms with Crippen LogP contribution in [-0.2, 0) is 16.6 Å². The number of halogens is 4. The minimum atomic E-state index is -4.25. The Balaban J connectivity index is 1.69. The zero-order valence-corrected chi connectivity index (χ0v) is 14.0. The van der Waals surface area contributed by atoms with E-state index in [0.29, 0.717) is 11.2 Å². The molecule has 0 aliphatic rings. The van der Waals surface area contributed by atoms with Crippen molar-refractivity contribution in [2.45, 2.75) is 23.3 Å². The summed E-state index contributed by atoms with van der Waals surface area (Å²) in [7, 11) is -1.56. The summed E-state index contributed by atoms with van der Waals surface area (Å²) in [5, 5.41) is 0.253. The number of fused-ring (bicyclic) bond motifs is 1. The number of hydrogen-bond acceptors (Lipinski definition) is 4. The Morgan fingerprint density at radius 3 is 2.73 bits per heavy atom. The average Bonchev–Trinajstić information content (AvgIpc) is 3.04. The SMILES string of the molecule is O=S(Cc1cc(OCC(F)(F)C(F)F)ccn1)c1nc2ccccc2[nH]1. The second-order valence-corrected chi connectivity index (χ2v) is 6.75. The van der Waals surface area contributed by atoms with Gasteiger partial charge >= 0.3 is 12.3 Å². The van der Waals surface area contributed by atoms with Crippen LogP contribution in [0.3, 0.4) is 0 Å². The Bertz CT molecular complexity index is 900. The highest BCUT2D eigenvalue weighted by atomic mass is 32.2. The molecule has 0 saturated heterocycles. The molecule has 1 unspecified atom stereocenters. The van der Waals surface area contributed by atoms with Gasteiger partial charge in [-0.2, -0.15) is 8.78 Å². The molecule has 3 rings (SSSR count). The highest BCUT2D eigenvalue weighted by molar-refractivity contribution is 7.84. The lowest BCUT2D eigenvalue weighted by Gasteiger charge is -2.16. The maximum atomic E-state index is 12.9. The number of ether oxygens (including phenoxy) is 1. The minimum Gasteiger partial charge on any atom is -0.487 e. The molecule has 10 heteroatoms. The summed E-state index contributed by atoms with van der Waals surface area (Å²) >= 11 is 0. The van der Waals surface area contributed by atoms with E-state index in [1.165, 1.54) is 18.3 Å². The normalized spacial score (nSPS) is 13.3. The van der Waals surface area contributed by atoms with Gasteiger partial charge in [0.25, 0.3) is 0 Å². The number of alkyl halides is 4. The number of aromatic amines is 1. The first kappa shape index (κ1) is 18.3. The van der Waals surface area contributed by atoms with Crippen molar-refractivity contribution in [3.05, 3.63) is 48.3 Å². The van der Waals surface area contributed by atoms with Crippen molar-refractivity contribution in [1.29, 1.82) is 0 Å². The van der Waals surface area contributed by atoms with E-state index in [4.69, 9.17) is 4.74 Å². The number of nitrogens with zero attached hydrogens (tertiary/aromatic N) is 2. The van der Waals surface area contributed by atoms with Crippen molar-refractivity contribution in [2.75, 3.05) is 6.61 Å². The Labute approximate surface area is 147 Å². The van der Waals surface area contributed by atoms with Crippen molar-refractivity contribution < 1.29 is 26.5 Å². The first-order valence-corrected chi connectivity index (χ1v) is 8.74. The average molecular weight is 387 g/mol. The molecule has 2 aromatic heterocycles. The van der Waals surface area contributed by atoms with Gasteiger partial charge < -0.3 is 9.72 Å². The van der Waals surface area contributed by atoms with E-state index < -0.39 is 29.8 Å². The van der Waals surface area contributed by atoms with E-state index in [-0.39, 0.29) is 16.7 Å². The standard InChI is InChI=1S/C16H13F4N3O2S/c17-14(18)16(19,20)9-25-11-5-6-21-10(7-11)8-26(24)15-22-12-3-1-2-4-13(12)23-15/h1-7,14H,8-9H2,(H,22,23). The molecule has 0 bridgehead atoms. The van der Waals surface area contributed by atoms with Crippen molar-refractivity contribution in [1.82, 2.24) is 15.0 Å². The second kappa shape index (κ2) is 7.40. The van der Waals surface area contributed by atoms with E-state index >= 15 is 0 Å². The van der Waals surface area contributed by atoms with Gasteiger partial charge in [0, 0.05) is 12.3 Å². The number of hydrogen-bond donors (Lipinski definition) is 1. The Morgan fingerprint density at radius 2 is 2.00 bits per heavy atom. The van der Waals surface area contributed by atoms with E-state index in [1.807, 2.05) is 6.07 Å². The van der Waals surface area contributed by atoms with Crippen molar-refractivity contribution >= 4 is 21.8 Å². The van der Waals surface area contributed by atoms with E-state index in [0.717, 1.165) is 5.52 Å². The predicted molar refractivity (Wildman–Crippen MR) is 86.9 cm³/mol. The first-order valence-electron chi connectivity index (χ1n) is 7.42. The summed E-state index contributed by atoms with van der Waals surface area (Å²) < 4.78 is 67.3. The molecule has 138 valence electrons. The number of para-hydroxylation sites is 2. The van der Waals surface area contributed by atoms with Gasteiger partial charge in [0.1, 0.15) is 5.75 Å². The number of H-pyrrole nitrogens is 1. The Kier molecular flexibility index (Phi) is 5.21. The molecule has 0 spiro atoms. The van der Waals surface area contributed by atoms with Crippen LogP contribution < -0.4 is 4.74 Å². The lowest BCUT2D eigenvalue weighted by molar-refractivity contribution is -0.148. The van der Waals surface area contributed by atoms with Gasteiger partial charge in [-0.25, -0.2) is 13.8 Å². The summed E-state index contributed by atoms with van der Waals surface area (Å²) in [6, 6.07) is 9.71. The third-order valence-electron chi connectivity index (χ3n) is 3.40. The van der Waals surface area contributed by atoms with Crippen molar-refractivity contribution in [3.63, 3.8) is 0 Å². The van der Waals surface area contributed by atoms with Gasteiger partial charge in [-0.15, -0.1) is 0 Å². The van der Waals surface area contributed by atoms with Crippen LogP contribution in [0.2, 0.25) is 0 Å². The fraction of sp³-hybridized carbons (Fsp3) is 0.250. The van der Waals surface area contributed by atoms with Crippen molar-refractivity contribution in [3.8, 4) is 5.75 Å². The van der Waals surface area contributed by atoms with Crippen LogP contribution in [0, 0.1) is 0 Å². The van der Waals surface area contributed by atoms with Crippen molar-refractivity contribution in [2.24, 2.45) is 0 Å². The molecule has 26 heavy (non-hydrogen) atoms. The predicted octanol–water partition coefficient (Wildman–Crippen LogP) is 3.54. The van der Waals surface area contributed by atoms with Gasteiger partial charge in [0.2, 0.25) is 0 Å². The van der Waals surface area contributed by atoms with Crippen LogP contribution in [0.5, 0.6) is 5.75 Å². The van der Waals surface area contributed by atoms with Crippen LogP contribution >= 0.6 is 0 Å². The number of rotatable bonds is 7. The summed E-state index contributed by atoms with van der Waals surface area (Å²) in [4.78, 5) is 11.1. The molecule has 1 atom stereocenters. The minimum absolute atomic E-state index is 0.0394. The topological polar surface area (TPSA) is 67.9 Å². The summed E-state index contributed by atoms with van der Waals surface area (Å²) in [6.07, 6.45) is -2.55. The monoisotopic (exact) mass is 387 g/mol. The Morgan fingerprint density at radius 1 is 1.23 bits per heavy atom. The van der Waals surface area contributed by atoms with Crippen LogP contribution in [0.25, 0.3) is 11.0 Å². The fourth-order valence-corrected chi connectivity index (χ4v) is 3.09. The summed E-state index contributed by atoms with van der Waals surface area (Å²) in [6.45, 7) is -1.46. The number of benzene rings is 1. The molecular weight excluding hydrogens is 374 g/mol. The van der Waals surface area contributed by atoms with E-state index in [9.17, 15) is 21.8 Å². The molecule has 2 heterocycles. The van der Waals surface area contributed by atoms with E-state index in [1.54, 1.807) is 18.2 Å². The number of aromatic nitrogens is 3. The molecule has 0 aliphatic carbocycles. The van der Waals surface area contributed by atoms with Crippen LogP contribution in [-0.4, -0.2) is 38.1 Å². The van der Waals surface area contributed by atoms with Gasteiger partial charge in [-0.05, 0) is 18.2 Å². The third-order valence-corrected chi connectivity index (χ3v) is 4.58. The van der Waals surface area contributed by atoms with E-state index in [2.05, 4.69) is 15.0 Å². The zero-order chi connectivity index (χ0) is 18.7. The Hall–Kier alpha value is -2.49. The maximum Gasteiger partial charge on any atom is 0.340 e. The largest absolute Gasteiger partial charge is 0.487 e. The molecule has 3 aromatic rings. The number of pyridine rings is 1. The summed E-state index contributed by atoms with van der Waals surface area (Å²) in [5.41, 5.74) is 1.69. The summed E-state index contributed by atoms with van der Waals surface area (Å²) in [5.74, 6) is -4.35. The molecular formula is C16H13F4N3O2S. The smallest absolute Gasteiger partial charge is 0.340 e. The molecule has 0 fully saturated rings. The maximum absolute atomic E-state index is 12.9. The zero-order valence-electron chi connectivity index (χ0n) is 13.2. The highest BCUT2D eigenvalue weighted by Crippen LogP contribution is 2.24.